The number of nitro groups is 1. The zero-order valence-electron chi connectivity index (χ0n) is 14.3. The molecule has 0 spiro atoms. The van der Waals surface area contributed by atoms with E-state index in [2.05, 4.69) is 10.2 Å². The number of carboxylic acids is 1. The lowest BCUT2D eigenvalue weighted by molar-refractivity contribution is -0.384. The van der Waals surface area contributed by atoms with E-state index >= 15 is 0 Å². The van der Waals surface area contributed by atoms with Gasteiger partial charge in [0.25, 0.3) is 5.69 Å². The Kier molecular flexibility index (Phi) is 4.83. The van der Waals surface area contributed by atoms with E-state index in [0.29, 0.717) is 13.0 Å². The Morgan fingerprint density at radius 1 is 1.41 bits per heavy atom. The van der Waals surface area contributed by atoms with E-state index in [1.165, 1.54) is 18.2 Å². The largest absolute Gasteiger partial charge is 0.476 e. The van der Waals surface area contributed by atoms with Crippen LogP contribution in [0.3, 0.4) is 0 Å². The maximum absolute atomic E-state index is 11.8. The quantitative estimate of drug-likeness (QED) is 0.555. The first kappa shape index (κ1) is 18.8. The summed E-state index contributed by atoms with van der Waals surface area (Å²) in [7, 11) is -3.19. The van der Waals surface area contributed by atoms with E-state index in [1.54, 1.807) is 17.9 Å². The van der Waals surface area contributed by atoms with Gasteiger partial charge in [-0.05, 0) is 19.4 Å². The molecule has 1 unspecified atom stereocenters. The Morgan fingerprint density at radius 2 is 2.11 bits per heavy atom. The highest BCUT2D eigenvalue weighted by molar-refractivity contribution is 7.91. The minimum atomic E-state index is -3.19. The Bertz CT molecular complexity index is 1000. The van der Waals surface area contributed by atoms with Crippen molar-refractivity contribution >= 4 is 27.3 Å². The monoisotopic (exact) mass is 395 g/mol. The number of nitro benzene ring substituents is 1. The summed E-state index contributed by atoms with van der Waals surface area (Å²) in [5.41, 5.74) is -0.645. The lowest BCUT2D eigenvalue weighted by atomic mass is 10.2. The molecule has 2 heterocycles. The van der Waals surface area contributed by atoms with E-state index in [9.17, 15) is 28.4 Å². The number of carbonyl (C=O) groups is 1. The van der Waals surface area contributed by atoms with Gasteiger partial charge in [-0.1, -0.05) is 12.1 Å². The van der Waals surface area contributed by atoms with Crippen LogP contribution in [0.2, 0.25) is 0 Å². The van der Waals surface area contributed by atoms with Crippen molar-refractivity contribution in [3.63, 3.8) is 0 Å². The molecule has 1 saturated heterocycles. The first-order valence-electron chi connectivity index (χ1n) is 8.15. The van der Waals surface area contributed by atoms with E-state index < -0.39 is 26.8 Å². The summed E-state index contributed by atoms with van der Waals surface area (Å²) in [6.45, 7) is 2.07. The smallest absolute Gasteiger partial charge is 0.360 e. The molecule has 11 nitrogen and oxygen atoms in total. The maximum Gasteiger partial charge on any atom is 0.360 e. The Balaban J connectivity index is 2.09. The molecule has 1 aliphatic heterocycles. The van der Waals surface area contributed by atoms with Gasteiger partial charge in [0, 0.05) is 18.7 Å². The molecule has 0 radical (unpaired) electrons. The zero-order chi connectivity index (χ0) is 19.8. The lowest BCUT2D eigenvalue weighted by Gasteiger charge is -2.26. The fourth-order valence-corrected chi connectivity index (χ4v) is 4.86. The topological polar surface area (TPSA) is 149 Å². The SMILES string of the molecule is CCN(c1nn(-c2ccccc2[N+](=O)[O-])nc1C(=O)O)C1CCS(=O)(=O)C1. The van der Waals surface area contributed by atoms with Crippen LogP contribution >= 0.6 is 0 Å². The van der Waals surface area contributed by atoms with Crippen molar-refractivity contribution in [3.8, 4) is 5.69 Å². The number of hydrogen-bond acceptors (Lipinski definition) is 8. The van der Waals surface area contributed by atoms with Crippen LogP contribution in [0, 0.1) is 10.1 Å². The molecule has 0 amide bonds. The number of aromatic nitrogens is 3. The molecule has 0 aliphatic carbocycles. The summed E-state index contributed by atoms with van der Waals surface area (Å²) in [6.07, 6.45) is 0.355. The van der Waals surface area contributed by atoms with Crippen LogP contribution in [0.4, 0.5) is 11.5 Å². The highest BCUT2D eigenvalue weighted by atomic mass is 32.2. The molecule has 3 rings (SSSR count). The maximum atomic E-state index is 11.8. The number of sulfone groups is 1. The summed E-state index contributed by atoms with van der Waals surface area (Å²) < 4.78 is 23.6. The molecular formula is C15H17N5O6S. The van der Waals surface area contributed by atoms with E-state index in [4.69, 9.17) is 0 Å². The van der Waals surface area contributed by atoms with Gasteiger partial charge in [0.2, 0.25) is 5.69 Å². The van der Waals surface area contributed by atoms with Crippen LogP contribution in [0.1, 0.15) is 23.8 Å². The molecule has 12 heteroatoms. The predicted octanol–water partition coefficient (Wildman–Crippen LogP) is 0.887. The Labute approximate surface area is 154 Å². The van der Waals surface area contributed by atoms with Crippen molar-refractivity contribution in [2.24, 2.45) is 0 Å². The van der Waals surface area contributed by atoms with Crippen molar-refractivity contribution in [2.75, 3.05) is 23.0 Å². The van der Waals surface area contributed by atoms with Crippen molar-refractivity contribution in [1.29, 1.82) is 0 Å². The van der Waals surface area contributed by atoms with Crippen molar-refractivity contribution in [3.05, 3.63) is 40.1 Å². The summed E-state index contributed by atoms with van der Waals surface area (Å²) >= 11 is 0. The average Bonchev–Trinajstić information content (AvgIpc) is 3.20. The minimum Gasteiger partial charge on any atom is -0.476 e. The molecule has 1 N–H and O–H groups in total. The van der Waals surface area contributed by atoms with Crippen molar-refractivity contribution in [2.45, 2.75) is 19.4 Å². The van der Waals surface area contributed by atoms with Gasteiger partial charge in [-0.2, -0.15) is 0 Å². The van der Waals surface area contributed by atoms with Crippen LogP contribution in [0.15, 0.2) is 24.3 Å². The molecule has 1 aliphatic rings. The van der Waals surface area contributed by atoms with Crippen molar-refractivity contribution < 1.29 is 23.2 Å². The first-order chi connectivity index (χ1) is 12.7. The van der Waals surface area contributed by atoms with E-state index in [0.717, 1.165) is 4.80 Å². The van der Waals surface area contributed by atoms with Crippen molar-refractivity contribution in [1.82, 2.24) is 15.0 Å². The summed E-state index contributed by atoms with van der Waals surface area (Å²) in [5, 5.41) is 28.8. The van der Waals surface area contributed by atoms with Gasteiger partial charge >= 0.3 is 5.97 Å². The van der Waals surface area contributed by atoms with Crippen LogP contribution in [0.5, 0.6) is 0 Å². The van der Waals surface area contributed by atoms with Gasteiger partial charge in [-0.15, -0.1) is 15.0 Å². The average molecular weight is 395 g/mol. The standard InChI is InChI=1S/C15H17N5O6S/c1-2-18(10-7-8-27(25,26)9-10)14-13(15(21)22)16-19(17-14)11-5-3-4-6-12(11)20(23)24/h3-6,10H,2,7-9H2,1H3,(H,21,22). The number of carboxylic acid groups (broad SMARTS) is 1. The van der Waals surface area contributed by atoms with Gasteiger partial charge in [0.15, 0.2) is 21.3 Å². The highest BCUT2D eigenvalue weighted by Gasteiger charge is 2.35. The van der Waals surface area contributed by atoms with E-state index in [-0.39, 0.29) is 34.4 Å². The molecule has 0 saturated carbocycles. The molecule has 0 bridgehead atoms. The molecule has 1 fully saturated rings. The van der Waals surface area contributed by atoms with Gasteiger partial charge in [-0.3, -0.25) is 10.1 Å². The fraction of sp³-hybridized carbons (Fsp3) is 0.400. The van der Waals surface area contributed by atoms with Gasteiger partial charge < -0.3 is 10.0 Å². The summed E-state index contributed by atoms with van der Waals surface area (Å²) in [6, 6.07) is 5.27. The lowest BCUT2D eigenvalue weighted by Crippen LogP contribution is -2.37. The van der Waals surface area contributed by atoms with E-state index in [1.807, 2.05) is 0 Å². The van der Waals surface area contributed by atoms with Gasteiger partial charge in [0.1, 0.15) is 0 Å². The third-order valence-corrected chi connectivity index (χ3v) is 6.10. The molecular weight excluding hydrogens is 378 g/mol. The number of anilines is 1. The normalized spacial score (nSPS) is 18.3. The Morgan fingerprint density at radius 3 is 2.67 bits per heavy atom. The van der Waals surface area contributed by atoms with Gasteiger partial charge in [-0.25, -0.2) is 13.2 Å². The van der Waals surface area contributed by atoms with Crippen LogP contribution in [-0.4, -0.2) is 63.5 Å². The number of rotatable bonds is 6. The molecule has 144 valence electrons. The second-order valence-electron chi connectivity index (χ2n) is 6.06. The van der Waals surface area contributed by atoms with Gasteiger partial charge in [0.05, 0.1) is 16.4 Å². The number of para-hydroxylation sites is 2. The molecule has 1 aromatic carbocycles. The second kappa shape index (κ2) is 6.95. The first-order valence-corrected chi connectivity index (χ1v) is 9.97. The van der Waals surface area contributed by atoms with Crippen LogP contribution in [0.25, 0.3) is 5.69 Å². The third kappa shape index (κ3) is 3.60. The molecule has 1 aromatic heterocycles. The Hall–Kier alpha value is -3.02. The molecule has 1 atom stereocenters. The highest BCUT2D eigenvalue weighted by Crippen LogP contribution is 2.28. The molecule has 2 aromatic rings. The zero-order valence-corrected chi connectivity index (χ0v) is 15.2. The summed E-state index contributed by atoms with van der Waals surface area (Å²) in [5.74, 6) is -1.44. The number of benzene rings is 1. The summed E-state index contributed by atoms with van der Waals surface area (Å²) in [4.78, 5) is 24.8. The third-order valence-electron chi connectivity index (χ3n) is 4.35. The number of hydrogen-bond donors (Lipinski definition) is 1. The van der Waals surface area contributed by atoms with Crippen LogP contribution < -0.4 is 4.90 Å². The predicted molar refractivity (Wildman–Crippen MR) is 95.1 cm³/mol. The van der Waals surface area contributed by atoms with Crippen LogP contribution in [-0.2, 0) is 9.84 Å². The number of aromatic carboxylic acids is 1. The minimum absolute atomic E-state index is 0.00903. The second-order valence-corrected chi connectivity index (χ2v) is 8.28. The molecule has 27 heavy (non-hydrogen) atoms. The number of nitrogens with zero attached hydrogens (tertiary/aromatic N) is 5. The fourth-order valence-electron chi connectivity index (χ4n) is 3.13.